The van der Waals surface area contributed by atoms with Crippen molar-refractivity contribution in [3.05, 3.63) is 53.6 Å². The van der Waals surface area contributed by atoms with Crippen LogP contribution < -0.4 is 16.4 Å². The molecule has 2 aromatic carbocycles. The lowest BCUT2D eigenvalue weighted by Crippen LogP contribution is -2.15. The van der Waals surface area contributed by atoms with Crippen LogP contribution in [0.4, 0.5) is 17.1 Å². The molecular formula is C16H17N3O2. The number of amides is 1. The second kappa shape index (κ2) is 5.46. The van der Waals surface area contributed by atoms with Gasteiger partial charge in [-0.3, -0.25) is 4.79 Å². The molecule has 21 heavy (non-hydrogen) atoms. The minimum absolute atomic E-state index is 0.0247. The maximum atomic E-state index is 11.4. The van der Waals surface area contributed by atoms with Crippen LogP contribution >= 0.6 is 0 Å². The van der Waals surface area contributed by atoms with Crippen LogP contribution in [0, 0.1) is 0 Å². The Bertz CT molecular complexity index is 671. The van der Waals surface area contributed by atoms with E-state index in [1.165, 1.54) is 0 Å². The molecule has 1 aliphatic rings. The number of hydrogen-bond acceptors (Lipinski definition) is 4. The minimum Gasteiger partial charge on any atom is -0.397 e. The first kappa shape index (κ1) is 13.5. The van der Waals surface area contributed by atoms with Gasteiger partial charge in [0, 0.05) is 5.69 Å². The van der Waals surface area contributed by atoms with Gasteiger partial charge in [0.25, 0.3) is 0 Å². The summed E-state index contributed by atoms with van der Waals surface area (Å²) in [6.07, 6.45) is 0.363. The third-order valence-electron chi connectivity index (χ3n) is 3.61. The monoisotopic (exact) mass is 283 g/mol. The largest absolute Gasteiger partial charge is 0.397 e. The zero-order valence-corrected chi connectivity index (χ0v) is 11.5. The highest BCUT2D eigenvalue weighted by molar-refractivity contribution is 6.00. The molecule has 2 aromatic rings. The SMILES string of the molecule is Nc1cc2c(cc1NC(CO)c1ccccc1)NC(=O)C2. The Kier molecular flexibility index (Phi) is 3.50. The van der Waals surface area contributed by atoms with E-state index in [0.29, 0.717) is 17.8 Å². The maximum absolute atomic E-state index is 11.4. The standard InChI is InChI=1S/C16H17N3O2/c17-12-6-11-7-16(21)19-13(11)8-14(12)18-15(9-20)10-4-2-1-3-5-10/h1-6,8,15,18,20H,7,9,17H2,(H,19,21). The van der Waals surface area contributed by atoms with Crippen molar-refractivity contribution in [3.8, 4) is 0 Å². The van der Waals surface area contributed by atoms with Crippen molar-refractivity contribution < 1.29 is 9.90 Å². The Morgan fingerprint density at radius 3 is 2.76 bits per heavy atom. The molecule has 0 spiro atoms. The van der Waals surface area contributed by atoms with E-state index in [9.17, 15) is 9.90 Å². The van der Waals surface area contributed by atoms with Gasteiger partial charge in [0.1, 0.15) is 0 Å². The molecule has 5 nitrogen and oxygen atoms in total. The normalized spacial score (nSPS) is 14.4. The first-order valence-corrected chi connectivity index (χ1v) is 6.82. The molecule has 3 rings (SSSR count). The van der Waals surface area contributed by atoms with Crippen molar-refractivity contribution in [1.82, 2.24) is 0 Å². The Hall–Kier alpha value is -2.53. The number of hydrogen-bond donors (Lipinski definition) is 4. The van der Waals surface area contributed by atoms with Gasteiger partial charge in [0.15, 0.2) is 0 Å². The zero-order chi connectivity index (χ0) is 14.8. The number of nitrogen functional groups attached to an aromatic ring is 1. The van der Waals surface area contributed by atoms with Gasteiger partial charge in [-0.05, 0) is 23.3 Å². The van der Waals surface area contributed by atoms with E-state index in [2.05, 4.69) is 10.6 Å². The molecule has 0 saturated heterocycles. The molecule has 0 bridgehead atoms. The summed E-state index contributed by atoms with van der Waals surface area (Å²) in [6, 6.07) is 13.0. The third-order valence-corrected chi connectivity index (χ3v) is 3.61. The van der Waals surface area contributed by atoms with Crippen molar-refractivity contribution in [2.75, 3.05) is 23.0 Å². The van der Waals surface area contributed by atoms with Crippen molar-refractivity contribution in [2.24, 2.45) is 0 Å². The first-order chi connectivity index (χ1) is 10.2. The van der Waals surface area contributed by atoms with Crippen LogP contribution in [0.3, 0.4) is 0 Å². The van der Waals surface area contributed by atoms with Gasteiger partial charge in [0.05, 0.1) is 30.4 Å². The van der Waals surface area contributed by atoms with E-state index in [0.717, 1.165) is 16.8 Å². The van der Waals surface area contributed by atoms with E-state index in [-0.39, 0.29) is 18.6 Å². The zero-order valence-electron chi connectivity index (χ0n) is 11.5. The fourth-order valence-electron chi connectivity index (χ4n) is 2.53. The average Bonchev–Trinajstić information content (AvgIpc) is 2.84. The fraction of sp³-hybridized carbons (Fsp3) is 0.188. The van der Waals surface area contributed by atoms with Crippen LogP contribution in [-0.2, 0) is 11.2 Å². The molecule has 5 heteroatoms. The molecule has 108 valence electrons. The van der Waals surface area contributed by atoms with Crippen LogP contribution in [0.5, 0.6) is 0 Å². The number of fused-ring (bicyclic) bond motifs is 1. The van der Waals surface area contributed by atoms with Gasteiger partial charge < -0.3 is 21.5 Å². The summed E-state index contributed by atoms with van der Waals surface area (Å²) < 4.78 is 0. The van der Waals surface area contributed by atoms with Crippen LogP contribution in [0.15, 0.2) is 42.5 Å². The van der Waals surface area contributed by atoms with Crippen LogP contribution in [0.25, 0.3) is 0 Å². The highest BCUT2D eigenvalue weighted by atomic mass is 16.3. The number of benzene rings is 2. The van der Waals surface area contributed by atoms with E-state index < -0.39 is 0 Å². The number of nitrogens with one attached hydrogen (secondary N) is 2. The van der Waals surface area contributed by atoms with Gasteiger partial charge in [-0.1, -0.05) is 30.3 Å². The van der Waals surface area contributed by atoms with Crippen LogP contribution in [-0.4, -0.2) is 17.6 Å². The van der Waals surface area contributed by atoms with E-state index in [4.69, 9.17) is 5.73 Å². The molecule has 0 fully saturated rings. The number of aliphatic hydroxyl groups excluding tert-OH is 1. The summed E-state index contributed by atoms with van der Waals surface area (Å²) >= 11 is 0. The average molecular weight is 283 g/mol. The molecular weight excluding hydrogens is 266 g/mol. The summed E-state index contributed by atoms with van der Waals surface area (Å²) in [5.74, 6) is -0.0247. The molecule has 1 amide bonds. The lowest BCUT2D eigenvalue weighted by atomic mass is 10.1. The van der Waals surface area contributed by atoms with Crippen LogP contribution in [0.2, 0.25) is 0 Å². The van der Waals surface area contributed by atoms with Crippen molar-refractivity contribution in [2.45, 2.75) is 12.5 Å². The van der Waals surface area contributed by atoms with Crippen molar-refractivity contribution >= 4 is 23.0 Å². The predicted octanol–water partition coefficient (Wildman–Crippen LogP) is 1.91. The lowest BCUT2D eigenvalue weighted by Gasteiger charge is -2.20. The molecule has 1 aliphatic heterocycles. The van der Waals surface area contributed by atoms with Gasteiger partial charge in [0.2, 0.25) is 5.91 Å². The topological polar surface area (TPSA) is 87.4 Å². The third kappa shape index (κ3) is 2.68. The Balaban J connectivity index is 1.88. The molecule has 0 aliphatic carbocycles. The Labute approximate surface area is 122 Å². The number of nitrogens with two attached hydrogens (primary N) is 1. The molecule has 0 aromatic heterocycles. The second-order valence-electron chi connectivity index (χ2n) is 5.11. The number of carbonyl (C=O) groups is 1. The lowest BCUT2D eigenvalue weighted by molar-refractivity contribution is -0.115. The van der Waals surface area contributed by atoms with Gasteiger partial charge in [-0.2, -0.15) is 0 Å². The predicted molar refractivity (Wildman–Crippen MR) is 83.1 cm³/mol. The molecule has 0 radical (unpaired) electrons. The van der Waals surface area contributed by atoms with E-state index >= 15 is 0 Å². The van der Waals surface area contributed by atoms with E-state index in [1.54, 1.807) is 6.07 Å². The van der Waals surface area contributed by atoms with Crippen LogP contribution in [0.1, 0.15) is 17.2 Å². The summed E-state index contributed by atoms with van der Waals surface area (Å²) in [7, 11) is 0. The summed E-state index contributed by atoms with van der Waals surface area (Å²) in [4.78, 5) is 11.4. The summed E-state index contributed by atoms with van der Waals surface area (Å²) in [6.45, 7) is -0.0487. The Morgan fingerprint density at radius 1 is 1.29 bits per heavy atom. The molecule has 0 saturated carbocycles. The highest BCUT2D eigenvalue weighted by Gasteiger charge is 2.20. The van der Waals surface area contributed by atoms with Crippen molar-refractivity contribution in [3.63, 3.8) is 0 Å². The number of anilines is 3. The molecule has 1 atom stereocenters. The molecule has 1 unspecified atom stereocenters. The fourth-order valence-corrected chi connectivity index (χ4v) is 2.53. The number of rotatable bonds is 4. The number of carbonyl (C=O) groups excluding carboxylic acids is 1. The molecule has 1 heterocycles. The molecule has 5 N–H and O–H groups in total. The van der Waals surface area contributed by atoms with Gasteiger partial charge >= 0.3 is 0 Å². The van der Waals surface area contributed by atoms with E-state index in [1.807, 2.05) is 36.4 Å². The van der Waals surface area contributed by atoms with Gasteiger partial charge in [-0.15, -0.1) is 0 Å². The first-order valence-electron chi connectivity index (χ1n) is 6.82. The quantitative estimate of drug-likeness (QED) is 0.645. The highest BCUT2D eigenvalue weighted by Crippen LogP contribution is 2.33. The second-order valence-corrected chi connectivity index (χ2v) is 5.11. The smallest absolute Gasteiger partial charge is 0.228 e. The number of aliphatic hydroxyl groups is 1. The van der Waals surface area contributed by atoms with Crippen molar-refractivity contribution in [1.29, 1.82) is 0 Å². The Morgan fingerprint density at radius 2 is 2.05 bits per heavy atom. The summed E-state index contributed by atoms with van der Waals surface area (Å²) in [5.41, 5.74) is 9.97. The maximum Gasteiger partial charge on any atom is 0.228 e. The summed E-state index contributed by atoms with van der Waals surface area (Å²) in [5, 5.41) is 15.6. The van der Waals surface area contributed by atoms with Gasteiger partial charge in [-0.25, -0.2) is 0 Å². The minimum atomic E-state index is -0.247.